The molecule has 1 aliphatic heterocycles. The van der Waals surface area contributed by atoms with Crippen LogP contribution in [0.15, 0.2) is 0 Å². The molecule has 24 heavy (non-hydrogen) atoms. The third kappa shape index (κ3) is 4.54. The van der Waals surface area contributed by atoms with Crippen molar-refractivity contribution in [1.29, 1.82) is 0 Å². The smallest absolute Gasteiger partial charge is 0.351 e. The van der Waals surface area contributed by atoms with Gasteiger partial charge in [-0.1, -0.05) is 43.2 Å². The van der Waals surface area contributed by atoms with Crippen molar-refractivity contribution >= 4 is 45.6 Å². The average molecular weight is 394 g/mol. The number of anilines is 1. The molecule has 0 amide bonds. The summed E-state index contributed by atoms with van der Waals surface area (Å²) < 4.78 is 4.73. The van der Waals surface area contributed by atoms with E-state index < -0.39 is 5.97 Å². The number of halogens is 2. The summed E-state index contributed by atoms with van der Waals surface area (Å²) in [5.41, 5.74) is 0.0433. The van der Waals surface area contributed by atoms with E-state index in [-0.39, 0.29) is 10.7 Å². The molecular weight excluding hydrogens is 369 g/mol. The highest BCUT2D eigenvalue weighted by atomic mass is 35.5. The van der Waals surface area contributed by atoms with Crippen LogP contribution < -0.4 is 10.2 Å². The molecule has 1 aromatic heterocycles. The van der Waals surface area contributed by atoms with Gasteiger partial charge in [-0.25, -0.2) is 9.78 Å². The van der Waals surface area contributed by atoms with Crippen LogP contribution in [-0.2, 0) is 4.74 Å². The highest BCUT2D eigenvalue weighted by molar-refractivity contribution is 7.18. The molecule has 4 atom stereocenters. The molecular formula is C16H25Cl2N3O2S. The number of aromatic nitrogens is 1. The Bertz CT molecular complexity index is 566. The van der Waals surface area contributed by atoms with E-state index in [2.05, 4.69) is 29.0 Å². The van der Waals surface area contributed by atoms with Gasteiger partial charge in [0.15, 0.2) is 15.2 Å². The van der Waals surface area contributed by atoms with Gasteiger partial charge >= 0.3 is 5.97 Å². The molecule has 0 aliphatic carbocycles. The van der Waals surface area contributed by atoms with Crippen LogP contribution >= 0.6 is 34.5 Å². The lowest BCUT2D eigenvalue weighted by Gasteiger charge is -2.38. The van der Waals surface area contributed by atoms with E-state index in [1.54, 1.807) is 0 Å². The van der Waals surface area contributed by atoms with Crippen LogP contribution in [0.3, 0.4) is 0 Å². The minimum Gasteiger partial charge on any atom is -0.465 e. The van der Waals surface area contributed by atoms with Crippen molar-refractivity contribution in [3.8, 4) is 0 Å². The molecule has 136 valence electrons. The van der Waals surface area contributed by atoms with E-state index in [0.29, 0.717) is 22.6 Å². The van der Waals surface area contributed by atoms with Crippen LogP contribution in [-0.4, -0.2) is 43.7 Å². The van der Waals surface area contributed by atoms with Gasteiger partial charge in [-0.2, -0.15) is 0 Å². The van der Waals surface area contributed by atoms with Gasteiger partial charge < -0.3 is 15.0 Å². The number of piperidine rings is 1. The fraction of sp³-hybridized carbons (Fsp3) is 0.750. The summed E-state index contributed by atoms with van der Waals surface area (Å²) in [4.78, 5) is 18.4. The number of ether oxygens (including phenoxy) is 1. The summed E-state index contributed by atoms with van der Waals surface area (Å²) in [6, 6.07) is 0. The van der Waals surface area contributed by atoms with Crippen molar-refractivity contribution in [2.24, 2.45) is 17.8 Å². The average Bonchev–Trinajstić information content (AvgIpc) is 2.97. The molecule has 5 nitrogen and oxygen atoms in total. The Morgan fingerprint density at radius 2 is 2.29 bits per heavy atom. The maximum Gasteiger partial charge on any atom is 0.351 e. The van der Waals surface area contributed by atoms with Crippen LogP contribution in [0, 0.1) is 17.8 Å². The Kier molecular flexibility index (Phi) is 7.16. The first-order valence-electron chi connectivity index (χ1n) is 8.20. The molecule has 8 heteroatoms. The topological polar surface area (TPSA) is 54.5 Å². The number of carbonyl (C=O) groups excluding carboxylic acids is 1. The molecule has 0 radical (unpaired) electrons. The van der Waals surface area contributed by atoms with Crippen molar-refractivity contribution in [2.45, 2.75) is 32.2 Å². The molecule has 1 saturated heterocycles. The van der Waals surface area contributed by atoms with Gasteiger partial charge in [-0.15, -0.1) is 11.6 Å². The Morgan fingerprint density at radius 3 is 2.92 bits per heavy atom. The number of carbonyl (C=O) groups is 1. The molecule has 2 heterocycles. The highest BCUT2D eigenvalue weighted by Gasteiger charge is 2.32. The maximum atomic E-state index is 11.7. The lowest BCUT2D eigenvalue weighted by molar-refractivity contribution is 0.0606. The number of esters is 1. The first-order valence-corrected chi connectivity index (χ1v) is 9.83. The predicted molar refractivity (Wildman–Crippen MR) is 100 cm³/mol. The second kappa shape index (κ2) is 8.70. The zero-order valence-corrected chi connectivity index (χ0v) is 16.8. The fourth-order valence-electron chi connectivity index (χ4n) is 3.12. The van der Waals surface area contributed by atoms with Gasteiger partial charge in [-0.05, 0) is 24.2 Å². The Hall–Kier alpha value is -0.560. The highest BCUT2D eigenvalue weighted by Crippen LogP contribution is 2.34. The number of hydrogen-bond acceptors (Lipinski definition) is 6. The predicted octanol–water partition coefficient (Wildman–Crippen LogP) is 3.86. The minimum atomic E-state index is -0.446. The summed E-state index contributed by atoms with van der Waals surface area (Å²) >= 11 is 13.8. The molecule has 1 aromatic rings. The van der Waals surface area contributed by atoms with Crippen LogP contribution in [0.5, 0.6) is 0 Å². The van der Waals surface area contributed by atoms with Crippen molar-refractivity contribution in [2.75, 3.05) is 32.1 Å². The monoisotopic (exact) mass is 393 g/mol. The van der Waals surface area contributed by atoms with Crippen molar-refractivity contribution in [3.05, 3.63) is 10.0 Å². The largest absolute Gasteiger partial charge is 0.465 e. The number of rotatable bonds is 6. The maximum absolute atomic E-state index is 11.7. The summed E-state index contributed by atoms with van der Waals surface area (Å²) in [5, 5.41) is 4.35. The van der Waals surface area contributed by atoms with Gasteiger partial charge in [0.05, 0.1) is 12.6 Å². The summed E-state index contributed by atoms with van der Waals surface area (Å²) in [5.74, 6) is 1.09. The first-order chi connectivity index (χ1) is 11.4. The molecule has 4 unspecified atom stereocenters. The molecule has 0 aromatic carbocycles. The number of nitrogens with one attached hydrogen (secondary N) is 1. The molecule has 0 bridgehead atoms. The normalized spacial score (nSPS) is 25.3. The fourth-order valence-corrected chi connectivity index (χ4v) is 4.73. The number of thiazole rings is 1. The van der Waals surface area contributed by atoms with Crippen molar-refractivity contribution in [1.82, 2.24) is 10.3 Å². The standard InChI is InChI=1S/C16H25Cl2N3O2S/c1-5-9(2)11-6-10(7-19-13(11)17)8-21(3)16-20-14(18)12(24-16)15(22)23-4/h9-11,13,19H,5-8H2,1-4H3. The van der Waals surface area contributed by atoms with Crippen molar-refractivity contribution < 1.29 is 9.53 Å². The van der Waals surface area contributed by atoms with Gasteiger partial charge in [-0.3, -0.25) is 0 Å². The molecule has 1 N–H and O–H groups in total. The van der Waals surface area contributed by atoms with Crippen LogP contribution in [0.1, 0.15) is 36.4 Å². The zero-order chi connectivity index (χ0) is 17.9. The van der Waals surface area contributed by atoms with E-state index in [4.69, 9.17) is 27.9 Å². The number of methoxy groups -OCH3 is 1. The molecule has 1 aliphatic rings. The zero-order valence-electron chi connectivity index (χ0n) is 14.5. The molecule has 0 saturated carbocycles. The number of hydrogen-bond donors (Lipinski definition) is 1. The molecule has 2 rings (SSSR count). The van der Waals surface area contributed by atoms with Gasteiger partial charge in [0.1, 0.15) is 0 Å². The molecule has 1 fully saturated rings. The summed E-state index contributed by atoms with van der Waals surface area (Å²) in [7, 11) is 3.31. The third-order valence-corrected chi connectivity index (χ3v) is 6.77. The van der Waals surface area contributed by atoms with Crippen LogP contribution in [0.25, 0.3) is 0 Å². The molecule has 0 spiro atoms. The third-order valence-electron chi connectivity index (χ3n) is 4.76. The van der Waals surface area contributed by atoms with E-state index in [1.165, 1.54) is 18.4 Å². The lowest BCUT2D eigenvalue weighted by atomic mass is 9.81. The van der Waals surface area contributed by atoms with Crippen LogP contribution in [0.4, 0.5) is 5.13 Å². The minimum absolute atomic E-state index is 0.0433. The Labute approximate surface area is 157 Å². The van der Waals surface area contributed by atoms with Gasteiger partial charge in [0.25, 0.3) is 0 Å². The van der Waals surface area contributed by atoms with Crippen LogP contribution in [0.2, 0.25) is 5.15 Å². The number of nitrogens with zero attached hydrogens (tertiary/aromatic N) is 2. The summed E-state index contributed by atoms with van der Waals surface area (Å²) in [6.07, 6.45) is 2.21. The lowest BCUT2D eigenvalue weighted by Crippen LogP contribution is -2.47. The van der Waals surface area contributed by atoms with Gasteiger partial charge in [0.2, 0.25) is 0 Å². The quantitative estimate of drug-likeness (QED) is 0.451. The van der Waals surface area contributed by atoms with Crippen molar-refractivity contribution in [3.63, 3.8) is 0 Å². The van der Waals surface area contributed by atoms with E-state index in [0.717, 1.165) is 31.1 Å². The van der Waals surface area contributed by atoms with Gasteiger partial charge in [0, 0.05) is 20.1 Å². The second-order valence-electron chi connectivity index (χ2n) is 6.45. The Morgan fingerprint density at radius 1 is 1.58 bits per heavy atom. The SMILES string of the molecule is CCC(C)C1CC(CN(C)c2nc(Cl)c(C(=O)OC)s2)CNC1Cl. The van der Waals surface area contributed by atoms with E-state index in [9.17, 15) is 4.79 Å². The Balaban J connectivity index is 2.01. The second-order valence-corrected chi connectivity index (χ2v) is 8.26. The van der Waals surface area contributed by atoms with E-state index >= 15 is 0 Å². The van der Waals surface area contributed by atoms with E-state index in [1.807, 2.05) is 7.05 Å². The summed E-state index contributed by atoms with van der Waals surface area (Å²) in [6.45, 7) is 6.19. The first kappa shape index (κ1) is 19.8. The number of alkyl halides is 1.